The summed E-state index contributed by atoms with van der Waals surface area (Å²) in [7, 11) is 0. The van der Waals surface area contributed by atoms with Crippen molar-refractivity contribution in [2.75, 3.05) is 4.90 Å². The molecule has 6 aromatic carbocycles. The number of hydrogen-bond donors (Lipinski definition) is 0. The molecule has 0 bridgehead atoms. The highest BCUT2D eigenvalue weighted by Crippen LogP contribution is 2.53. The third kappa shape index (κ3) is 5.32. The molecule has 58 heavy (non-hydrogen) atoms. The van der Waals surface area contributed by atoms with Gasteiger partial charge in [-0.2, -0.15) is 0 Å². The average molecular weight is 745 g/mol. The third-order valence-electron chi connectivity index (χ3n) is 13.4. The van der Waals surface area contributed by atoms with E-state index < -0.39 is 0 Å². The molecule has 7 aromatic rings. The molecule has 4 aliphatic carbocycles. The zero-order valence-corrected chi connectivity index (χ0v) is 32.5. The molecule has 278 valence electrons. The van der Waals surface area contributed by atoms with E-state index in [-0.39, 0.29) is 18.0 Å². The van der Waals surface area contributed by atoms with Crippen molar-refractivity contribution in [1.82, 2.24) is 4.57 Å². The lowest BCUT2D eigenvalue weighted by Gasteiger charge is -2.36. The van der Waals surface area contributed by atoms with Crippen molar-refractivity contribution in [2.24, 2.45) is 5.92 Å². The Balaban J connectivity index is 0.967. The van der Waals surface area contributed by atoms with E-state index in [4.69, 9.17) is 0 Å². The second-order valence-electron chi connectivity index (χ2n) is 16.6. The highest BCUT2D eigenvalue weighted by atomic mass is 15.2. The number of rotatable bonds is 5. The quantitative estimate of drug-likeness (QED) is 0.170. The molecule has 0 spiro atoms. The first-order valence-electron chi connectivity index (χ1n) is 21.1. The molecular weight excluding hydrogens is 701 g/mol. The Morgan fingerprint density at radius 2 is 1.36 bits per heavy atom. The summed E-state index contributed by atoms with van der Waals surface area (Å²) in [5, 5.41) is 5.24. The summed E-state index contributed by atoms with van der Waals surface area (Å²) in [6.07, 6.45) is 30.4. The second kappa shape index (κ2) is 13.5. The van der Waals surface area contributed by atoms with Gasteiger partial charge in [0.1, 0.15) is 0 Å². The van der Waals surface area contributed by atoms with Crippen LogP contribution in [0, 0.1) is 5.92 Å². The minimum absolute atomic E-state index is 0.238. The minimum atomic E-state index is 0.238. The fourth-order valence-corrected chi connectivity index (χ4v) is 10.6. The molecule has 2 heterocycles. The Labute approximate surface area is 340 Å². The van der Waals surface area contributed by atoms with E-state index in [0.29, 0.717) is 5.92 Å². The van der Waals surface area contributed by atoms with Gasteiger partial charge in [-0.15, -0.1) is 0 Å². The van der Waals surface area contributed by atoms with Gasteiger partial charge in [-0.1, -0.05) is 158 Å². The first kappa shape index (κ1) is 33.5. The van der Waals surface area contributed by atoms with Gasteiger partial charge in [0.15, 0.2) is 0 Å². The predicted octanol–water partition coefficient (Wildman–Crippen LogP) is 14.7. The summed E-state index contributed by atoms with van der Waals surface area (Å²) >= 11 is 0. The Bertz CT molecular complexity index is 3010. The van der Waals surface area contributed by atoms with Crippen molar-refractivity contribution < 1.29 is 0 Å². The fraction of sp³-hybridized carbons (Fsp3) is 0.143. The Morgan fingerprint density at radius 1 is 0.552 bits per heavy atom. The second-order valence-corrected chi connectivity index (χ2v) is 16.6. The van der Waals surface area contributed by atoms with Crippen molar-refractivity contribution in [3.8, 4) is 22.3 Å². The standard InChI is InChI=1S/C56H44N2/c1-3-11-37(12-4-1)39-19-27-45(28-20-39)57-53-33-25-43(35-51(53)49-31-23-41-15-7-9-17-47(41)55(49)57)44-26-34-54-52(36-44)50-32-24-42-16-8-10-18-48(42)56(50)58(54)46-29-21-40(22-30-46)38-13-5-2-6-14-38/h1-7,9,11,13-27,29-37,45,50,56H,8,10,12,28H2. The maximum Gasteiger partial charge on any atom is 0.0698 e. The maximum atomic E-state index is 2.63. The highest BCUT2D eigenvalue weighted by Gasteiger charge is 2.43. The summed E-state index contributed by atoms with van der Waals surface area (Å²) in [5.74, 6) is 0.749. The van der Waals surface area contributed by atoms with Crippen LogP contribution in [0.5, 0.6) is 0 Å². The summed E-state index contributed by atoms with van der Waals surface area (Å²) in [6.45, 7) is 0. The van der Waals surface area contributed by atoms with Crippen molar-refractivity contribution in [2.45, 2.75) is 43.7 Å². The van der Waals surface area contributed by atoms with Gasteiger partial charge in [0.05, 0.1) is 17.6 Å². The lowest BCUT2D eigenvalue weighted by molar-refractivity contribution is 0.634. The molecule has 4 unspecified atom stereocenters. The van der Waals surface area contributed by atoms with E-state index >= 15 is 0 Å². The average Bonchev–Trinajstić information content (AvgIpc) is 3.82. The molecule has 5 aliphatic rings. The number of anilines is 2. The Morgan fingerprint density at radius 3 is 2.22 bits per heavy atom. The molecule has 1 aromatic heterocycles. The van der Waals surface area contributed by atoms with Crippen LogP contribution in [0.1, 0.15) is 43.2 Å². The van der Waals surface area contributed by atoms with Gasteiger partial charge >= 0.3 is 0 Å². The molecule has 0 fully saturated rings. The van der Waals surface area contributed by atoms with Gasteiger partial charge in [-0.05, 0) is 112 Å². The molecule has 0 N–H and O–H groups in total. The molecule has 4 atom stereocenters. The van der Waals surface area contributed by atoms with Crippen LogP contribution in [-0.4, -0.2) is 10.6 Å². The van der Waals surface area contributed by atoms with Crippen molar-refractivity contribution in [3.05, 3.63) is 217 Å². The van der Waals surface area contributed by atoms with Gasteiger partial charge in [0, 0.05) is 44.9 Å². The third-order valence-corrected chi connectivity index (χ3v) is 13.4. The monoisotopic (exact) mass is 744 g/mol. The molecule has 12 rings (SSSR count). The van der Waals surface area contributed by atoms with Crippen LogP contribution in [0.2, 0.25) is 0 Å². The zero-order chi connectivity index (χ0) is 38.2. The number of hydrogen-bond acceptors (Lipinski definition) is 1. The number of benzene rings is 6. The van der Waals surface area contributed by atoms with Crippen LogP contribution in [-0.2, 0) is 0 Å². The van der Waals surface area contributed by atoms with Crippen LogP contribution in [0.4, 0.5) is 11.4 Å². The predicted molar refractivity (Wildman–Crippen MR) is 245 cm³/mol. The van der Waals surface area contributed by atoms with E-state index in [1.54, 1.807) is 0 Å². The molecule has 2 nitrogen and oxygen atoms in total. The largest absolute Gasteiger partial charge is 0.333 e. The molecule has 0 saturated carbocycles. The van der Waals surface area contributed by atoms with Crippen molar-refractivity contribution >= 4 is 44.0 Å². The minimum Gasteiger partial charge on any atom is -0.333 e. The van der Waals surface area contributed by atoms with E-state index in [1.165, 1.54) is 88.5 Å². The van der Waals surface area contributed by atoms with E-state index in [1.807, 2.05) is 0 Å². The maximum absolute atomic E-state index is 2.63. The summed E-state index contributed by atoms with van der Waals surface area (Å²) < 4.78 is 2.63. The highest BCUT2D eigenvalue weighted by molar-refractivity contribution is 6.18. The van der Waals surface area contributed by atoms with E-state index in [9.17, 15) is 0 Å². The SMILES string of the molecule is C1=CCC(C2=CCC(n3c4ccc(-c5ccc6c(c5)C5C=CC7=CCCC=C7C5N6c5ccc(-c6ccccc6)cc5)cc4c4ccc5ccccc5c43)C=C2)C=C1. The molecular formula is C56H44N2. The van der Waals surface area contributed by atoms with Crippen LogP contribution >= 0.6 is 0 Å². The molecule has 0 radical (unpaired) electrons. The van der Waals surface area contributed by atoms with Crippen LogP contribution in [0.15, 0.2) is 211 Å². The number of fused-ring (bicyclic) bond motifs is 10. The molecule has 0 amide bonds. The summed E-state index contributed by atoms with van der Waals surface area (Å²) in [5.41, 5.74) is 15.9. The van der Waals surface area contributed by atoms with Crippen molar-refractivity contribution in [1.29, 1.82) is 0 Å². The normalized spacial score (nSPS) is 21.9. The van der Waals surface area contributed by atoms with Crippen LogP contribution < -0.4 is 4.90 Å². The lowest BCUT2D eigenvalue weighted by Crippen LogP contribution is -2.34. The van der Waals surface area contributed by atoms with E-state index in [2.05, 4.69) is 204 Å². The molecule has 0 saturated heterocycles. The van der Waals surface area contributed by atoms with E-state index in [0.717, 1.165) is 25.7 Å². The van der Waals surface area contributed by atoms with Gasteiger partial charge in [-0.25, -0.2) is 0 Å². The zero-order valence-electron chi connectivity index (χ0n) is 32.5. The van der Waals surface area contributed by atoms with Crippen LogP contribution in [0.25, 0.3) is 54.8 Å². The molecule has 2 heteroatoms. The van der Waals surface area contributed by atoms with Gasteiger partial charge < -0.3 is 9.47 Å². The topological polar surface area (TPSA) is 8.17 Å². The summed E-state index contributed by atoms with van der Waals surface area (Å²) in [6, 6.07) is 48.4. The van der Waals surface area contributed by atoms with Crippen molar-refractivity contribution in [3.63, 3.8) is 0 Å². The Hall–Kier alpha value is -6.64. The first-order chi connectivity index (χ1) is 28.8. The fourth-order valence-electron chi connectivity index (χ4n) is 10.6. The number of nitrogens with zero attached hydrogens (tertiary/aromatic N) is 2. The smallest absolute Gasteiger partial charge is 0.0698 e. The summed E-state index contributed by atoms with van der Waals surface area (Å²) in [4.78, 5) is 2.62. The van der Waals surface area contributed by atoms with Crippen LogP contribution in [0.3, 0.4) is 0 Å². The number of allylic oxidation sites excluding steroid dienone is 11. The molecule has 1 aliphatic heterocycles. The van der Waals surface area contributed by atoms with Gasteiger partial charge in [0.25, 0.3) is 0 Å². The number of aromatic nitrogens is 1. The van der Waals surface area contributed by atoms with Gasteiger partial charge in [0.2, 0.25) is 0 Å². The first-order valence-corrected chi connectivity index (χ1v) is 21.1. The lowest BCUT2D eigenvalue weighted by atomic mass is 9.78. The Kier molecular flexibility index (Phi) is 7.79. The van der Waals surface area contributed by atoms with Gasteiger partial charge in [-0.3, -0.25) is 0 Å².